The van der Waals surface area contributed by atoms with Crippen LogP contribution < -0.4 is 0 Å². The summed E-state index contributed by atoms with van der Waals surface area (Å²) in [5, 5.41) is 8.59. The van der Waals surface area contributed by atoms with Crippen molar-refractivity contribution in [3.8, 4) is 6.07 Å². The van der Waals surface area contributed by atoms with Crippen molar-refractivity contribution in [2.45, 2.75) is 46.1 Å². The molecule has 0 aliphatic rings. The molecule has 0 heterocycles. The minimum atomic E-state index is -0.204. The molecule has 0 N–H and O–H groups in total. The Morgan fingerprint density at radius 1 is 1.42 bits per heavy atom. The summed E-state index contributed by atoms with van der Waals surface area (Å²) in [4.78, 5) is 0. The molecule has 0 aromatic carbocycles. The lowest BCUT2D eigenvalue weighted by Crippen LogP contribution is -2.14. The Balaban J connectivity index is 3.46. The third-order valence-electron chi connectivity index (χ3n) is 1.88. The fraction of sp³-hybridized carbons (Fsp3) is 0.900. The number of hydrogen-bond donors (Lipinski definition) is 0. The van der Waals surface area contributed by atoms with Crippen LogP contribution in [0, 0.1) is 17.2 Å². The summed E-state index contributed by atoms with van der Waals surface area (Å²) in [6.45, 7) is 7.02. The third-order valence-corrected chi connectivity index (χ3v) is 1.88. The van der Waals surface area contributed by atoms with Crippen LogP contribution >= 0.6 is 0 Å². The molecule has 0 aliphatic heterocycles. The molecule has 0 fully saturated rings. The molecule has 0 saturated carbocycles. The van der Waals surface area contributed by atoms with Crippen LogP contribution in [0.3, 0.4) is 0 Å². The molecule has 0 amide bonds. The normalized spacial score (nSPS) is 15.2. The van der Waals surface area contributed by atoms with E-state index in [1.807, 2.05) is 6.92 Å². The van der Waals surface area contributed by atoms with E-state index in [-0.39, 0.29) is 6.10 Å². The zero-order chi connectivity index (χ0) is 9.40. The van der Waals surface area contributed by atoms with Gasteiger partial charge in [0.2, 0.25) is 0 Å². The Morgan fingerprint density at radius 2 is 2.08 bits per heavy atom. The molecule has 2 unspecified atom stereocenters. The van der Waals surface area contributed by atoms with Gasteiger partial charge in [0.15, 0.2) is 0 Å². The van der Waals surface area contributed by atoms with Gasteiger partial charge in [0.25, 0.3) is 0 Å². The van der Waals surface area contributed by atoms with Gasteiger partial charge >= 0.3 is 0 Å². The molecule has 0 saturated heterocycles. The average molecular weight is 169 g/mol. The summed E-state index contributed by atoms with van der Waals surface area (Å²) in [7, 11) is 0. The van der Waals surface area contributed by atoms with Crippen molar-refractivity contribution in [1.82, 2.24) is 0 Å². The van der Waals surface area contributed by atoms with Crippen LogP contribution in [0.15, 0.2) is 0 Å². The lowest BCUT2D eigenvalue weighted by molar-refractivity contribution is 0.0612. The first kappa shape index (κ1) is 11.4. The number of nitrogens with zero attached hydrogens (tertiary/aromatic N) is 1. The standard InChI is InChI=1S/C10H19NO/c1-4-6-9(3)8-12-10(5-2)7-11/h9-10H,4-6,8H2,1-3H3. The SMILES string of the molecule is CCCC(C)COC(C#N)CC. The molecular formula is C10H19NO. The van der Waals surface area contributed by atoms with Gasteiger partial charge in [-0.3, -0.25) is 0 Å². The summed E-state index contributed by atoms with van der Waals surface area (Å²) in [5.74, 6) is 0.581. The summed E-state index contributed by atoms with van der Waals surface area (Å²) < 4.78 is 5.39. The largest absolute Gasteiger partial charge is 0.363 e. The highest BCUT2D eigenvalue weighted by Crippen LogP contribution is 2.07. The van der Waals surface area contributed by atoms with E-state index in [4.69, 9.17) is 10.00 Å². The first-order chi connectivity index (χ1) is 5.74. The molecule has 0 aliphatic carbocycles. The fourth-order valence-corrected chi connectivity index (χ4v) is 1.10. The number of nitriles is 1. The van der Waals surface area contributed by atoms with E-state index in [0.29, 0.717) is 5.92 Å². The topological polar surface area (TPSA) is 33.0 Å². The Morgan fingerprint density at radius 3 is 2.50 bits per heavy atom. The van der Waals surface area contributed by atoms with Gasteiger partial charge in [0, 0.05) is 0 Å². The maximum absolute atomic E-state index is 8.59. The highest BCUT2D eigenvalue weighted by atomic mass is 16.5. The van der Waals surface area contributed by atoms with Crippen molar-refractivity contribution >= 4 is 0 Å². The van der Waals surface area contributed by atoms with Crippen molar-refractivity contribution in [3.63, 3.8) is 0 Å². The predicted molar refractivity (Wildman–Crippen MR) is 49.7 cm³/mol. The molecule has 0 aromatic rings. The molecule has 0 aromatic heterocycles. The van der Waals surface area contributed by atoms with E-state index in [1.54, 1.807) is 0 Å². The molecule has 0 spiro atoms. The summed E-state index contributed by atoms with van der Waals surface area (Å²) >= 11 is 0. The van der Waals surface area contributed by atoms with Gasteiger partial charge in [-0.1, -0.05) is 27.2 Å². The monoisotopic (exact) mass is 169 g/mol. The molecule has 2 atom stereocenters. The van der Waals surface area contributed by atoms with Gasteiger partial charge in [-0.15, -0.1) is 0 Å². The minimum absolute atomic E-state index is 0.204. The predicted octanol–water partition coefficient (Wildman–Crippen LogP) is 2.74. The van der Waals surface area contributed by atoms with Gasteiger partial charge < -0.3 is 4.74 Å². The first-order valence-corrected chi connectivity index (χ1v) is 4.75. The first-order valence-electron chi connectivity index (χ1n) is 4.75. The summed E-state index contributed by atoms with van der Waals surface area (Å²) in [6, 6.07) is 2.13. The van der Waals surface area contributed by atoms with E-state index < -0.39 is 0 Å². The highest BCUT2D eigenvalue weighted by molar-refractivity contribution is 4.82. The molecule has 0 rings (SSSR count). The Bertz CT molecular complexity index is 139. The van der Waals surface area contributed by atoms with Crippen molar-refractivity contribution in [1.29, 1.82) is 5.26 Å². The average Bonchev–Trinajstić information content (AvgIpc) is 2.07. The second kappa shape index (κ2) is 7.12. The molecule has 0 bridgehead atoms. The number of ether oxygens (including phenoxy) is 1. The number of rotatable bonds is 6. The van der Waals surface area contributed by atoms with Crippen LogP contribution in [0.5, 0.6) is 0 Å². The van der Waals surface area contributed by atoms with Crippen LogP contribution in [-0.4, -0.2) is 12.7 Å². The van der Waals surface area contributed by atoms with Gasteiger partial charge in [0.05, 0.1) is 12.7 Å². The lowest BCUT2D eigenvalue weighted by Gasteiger charge is -2.13. The van der Waals surface area contributed by atoms with Crippen LogP contribution in [0.1, 0.15) is 40.0 Å². The minimum Gasteiger partial charge on any atom is -0.363 e. The molecule has 2 nitrogen and oxygen atoms in total. The van der Waals surface area contributed by atoms with E-state index in [9.17, 15) is 0 Å². The van der Waals surface area contributed by atoms with E-state index in [1.165, 1.54) is 12.8 Å². The van der Waals surface area contributed by atoms with Crippen LogP contribution in [0.4, 0.5) is 0 Å². The summed E-state index contributed by atoms with van der Waals surface area (Å²) in [5.41, 5.74) is 0. The van der Waals surface area contributed by atoms with E-state index in [2.05, 4.69) is 19.9 Å². The third kappa shape index (κ3) is 5.15. The molecule has 12 heavy (non-hydrogen) atoms. The zero-order valence-corrected chi connectivity index (χ0v) is 8.34. The highest BCUT2D eigenvalue weighted by Gasteiger charge is 2.06. The van der Waals surface area contributed by atoms with Gasteiger partial charge in [-0.05, 0) is 18.8 Å². The quantitative estimate of drug-likeness (QED) is 0.612. The van der Waals surface area contributed by atoms with Gasteiger partial charge in [0.1, 0.15) is 6.10 Å². The smallest absolute Gasteiger partial charge is 0.143 e. The van der Waals surface area contributed by atoms with Gasteiger partial charge in [-0.25, -0.2) is 0 Å². The Labute approximate surface area is 75.5 Å². The van der Waals surface area contributed by atoms with Crippen LogP contribution in [0.25, 0.3) is 0 Å². The van der Waals surface area contributed by atoms with Gasteiger partial charge in [-0.2, -0.15) is 5.26 Å². The second-order valence-corrected chi connectivity index (χ2v) is 3.25. The lowest BCUT2D eigenvalue weighted by atomic mass is 10.1. The number of hydrogen-bond acceptors (Lipinski definition) is 2. The van der Waals surface area contributed by atoms with Crippen LogP contribution in [-0.2, 0) is 4.74 Å². The molecule has 2 heteroatoms. The van der Waals surface area contributed by atoms with E-state index in [0.717, 1.165) is 13.0 Å². The summed E-state index contributed by atoms with van der Waals surface area (Å²) in [6.07, 6.45) is 2.95. The van der Waals surface area contributed by atoms with Crippen LogP contribution in [0.2, 0.25) is 0 Å². The Hall–Kier alpha value is -0.550. The molecule has 70 valence electrons. The van der Waals surface area contributed by atoms with Crippen molar-refractivity contribution in [2.24, 2.45) is 5.92 Å². The maximum atomic E-state index is 8.59. The van der Waals surface area contributed by atoms with Crippen molar-refractivity contribution in [2.75, 3.05) is 6.61 Å². The maximum Gasteiger partial charge on any atom is 0.143 e. The fourth-order valence-electron chi connectivity index (χ4n) is 1.10. The zero-order valence-electron chi connectivity index (χ0n) is 8.34. The van der Waals surface area contributed by atoms with Crippen molar-refractivity contribution in [3.05, 3.63) is 0 Å². The Kier molecular flexibility index (Phi) is 6.79. The molecule has 0 radical (unpaired) electrons. The van der Waals surface area contributed by atoms with Crippen molar-refractivity contribution < 1.29 is 4.74 Å². The van der Waals surface area contributed by atoms with E-state index >= 15 is 0 Å². The molecular weight excluding hydrogens is 150 g/mol. The second-order valence-electron chi connectivity index (χ2n) is 3.25.